The summed E-state index contributed by atoms with van der Waals surface area (Å²) in [4.78, 5) is 23.6. The lowest BCUT2D eigenvalue weighted by atomic mass is 10.2. The first kappa shape index (κ1) is 19.5. The van der Waals surface area contributed by atoms with E-state index in [9.17, 15) is 9.59 Å². The first-order chi connectivity index (χ1) is 12.5. The van der Waals surface area contributed by atoms with Crippen molar-refractivity contribution in [2.75, 3.05) is 20.8 Å². The zero-order valence-electron chi connectivity index (χ0n) is 14.3. The molecule has 0 fully saturated rings. The second-order valence-electron chi connectivity index (χ2n) is 5.08. The van der Waals surface area contributed by atoms with Crippen LogP contribution in [0.3, 0.4) is 0 Å². The number of ether oxygens (including phenoxy) is 2. The summed E-state index contributed by atoms with van der Waals surface area (Å²) in [6.07, 6.45) is 1.46. The van der Waals surface area contributed by atoms with Crippen LogP contribution in [0.4, 0.5) is 0 Å². The third-order valence-corrected chi connectivity index (χ3v) is 3.89. The third kappa shape index (κ3) is 5.32. The Morgan fingerprint density at radius 3 is 2.54 bits per heavy atom. The highest BCUT2D eigenvalue weighted by molar-refractivity contribution is 9.10. The second kappa shape index (κ2) is 9.57. The highest BCUT2D eigenvalue weighted by atomic mass is 79.9. The highest BCUT2D eigenvalue weighted by Crippen LogP contribution is 2.35. The van der Waals surface area contributed by atoms with Gasteiger partial charge < -0.3 is 14.8 Å². The molecule has 0 saturated carbocycles. The van der Waals surface area contributed by atoms with Crippen LogP contribution in [0.2, 0.25) is 0 Å². The molecule has 0 unspecified atom stereocenters. The van der Waals surface area contributed by atoms with E-state index in [0.29, 0.717) is 27.1 Å². The number of amides is 2. The van der Waals surface area contributed by atoms with Crippen molar-refractivity contribution >= 4 is 34.0 Å². The van der Waals surface area contributed by atoms with Gasteiger partial charge in [-0.1, -0.05) is 18.2 Å². The van der Waals surface area contributed by atoms with Crippen LogP contribution in [0.5, 0.6) is 11.5 Å². The van der Waals surface area contributed by atoms with Crippen molar-refractivity contribution in [1.82, 2.24) is 10.7 Å². The van der Waals surface area contributed by atoms with E-state index in [1.165, 1.54) is 13.3 Å². The van der Waals surface area contributed by atoms with E-state index in [1.807, 2.05) is 6.07 Å². The number of hydrazone groups is 1. The standard InChI is InChI=1S/C18H18BrN3O4/c1-25-15-9-12(8-14(19)17(15)26-2)10-21-22-16(23)11-20-18(24)13-6-4-3-5-7-13/h3-10H,11H2,1-2H3,(H,20,24)(H,22,23)/b21-10+. The first-order valence-corrected chi connectivity index (χ1v) is 8.41. The summed E-state index contributed by atoms with van der Waals surface area (Å²) in [5.41, 5.74) is 3.53. The number of nitrogens with zero attached hydrogens (tertiary/aromatic N) is 1. The third-order valence-electron chi connectivity index (χ3n) is 3.30. The van der Waals surface area contributed by atoms with E-state index in [2.05, 4.69) is 31.8 Å². The zero-order valence-corrected chi connectivity index (χ0v) is 15.9. The summed E-state index contributed by atoms with van der Waals surface area (Å²) in [5, 5.41) is 6.39. The lowest BCUT2D eigenvalue weighted by Crippen LogP contribution is -2.34. The van der Waals surface area contributed by atoms with Gasteiger partial charge in [-0.3, -0.25) is 9.59 Å². The van der Waals surface area contributed by atoms with Crippen LogP contribution in [0, 0.1) is 0 Å². The molecule has 0 atom stereocenters. The smallest absolute Gasteiger partial charge is 0.259 e. The molecule has 8 heteroatoms. The monoisotopic (exact) mass is 419 g/mol. The molecule has 0 bridgehead atoms. The zero-order chi connectivity index (χ0) is 18.9. The van der Waals surface area contributed by atoms with Crippen LogP contribution in [0.25, 0.3) is 0 Å². The molecule has 26 heavy (non-hydrogen) atoms. The maximum Gasteiger partial charge on any atom is 0.259 e. The normalized spacial score (nSPS) is 10.4. The molecule has 0 saturated heterocycles. The van der Waals surface area contributed by atoms with E-state index < -0.39 is 5.91 Å². The molecule has 0 spiro atoms. The number of carbonyl (C=O) groups excluding carboxylic acids is 2. The minimum Gasteiger partial charge on any atom is -0.493 e. The Hall–Kier alpha value is -2.87. The molecule has 0 aliphatic carbocycles. The maximum absolute atomic E-state index is 11.9. The summed E-state index contributed by atoms with van der Waals surface area (Å²) < 4.78 is 11.2. The summed E-state index contributed by atoms with van der Waals surface area (Å²) in [7, 11) is 3.07. The van der Waals surface area contributed by atoms with Gasteiger partial charge >= 0.3 is 0 Å². The average Bonchev–Trinajstić information content (AvgIpc) is 2.66. The van der Waals surface area contributed by atoms with Crippen molar-refractivity contribution in [2.24, 2.45) is 5.10 Å². The quantitative estimate of drug-likeness (QED) is 0.532. The van der Waals surface area contributed by atoms with Crippen molar-refractivity contribution < 1.29 is 19.1 Å². The molecule has 7 nitrogen and oxygen atoms in total. The second-order valence-corrected chi connectivity index (χ2v) is 5.93. The summed E-state index contributed by atoms with van der Waals surface area (Å²) in [6.45, 7) is -0.180. The van der Waals surface area contributed by atoms with Crippen LogP contribution >= 0.6 is 15.9 Å². The predicted octanol–water partition coefficient (Wildman–Crippen LogP) is 2.35. The van der Waals surface area contributed by atoms with Gasteiger partial charge in [0.05, 0.1) is 31.5 Å². The minimum atomic E-state index is -0.440. The predicted molar refractivity (Wildman–Crippen MR) is 102 cm³/mol. The van der Waals surface area contributed by atoms with E-state index in [1.54, 1.807) is 43.5 Å². The topological polar surface area (TPSA) is 89.0 Å². The molecule has 2 N–H and O–H groups in total. The van der Waals surface area contributed by atoms with Crippen molar-refractivity contribution in [3.8, 4) is 11.5 Å². The number of benzene rings is 2. The number of halogens is 1. The molecule has 0 aliphatic rings. The van der Waals surface area contributed by atoms with Gasteiger partial charge in [0.15, 0.2) is 11.5 Å². The van der Waals surface area contributed by atoms with Gasteiger partial charge in [0.1, 0.15) is 0 Å². The largest absolute Gasteiger partial charge is 0.493 e. The van der Waals surface area contributed by atoms with Gasteiger partial charge in [0, 0.05) is 5.56 Å². The van der Waals surface area contributed by atoms with Crippen LogP contribution in [0.1, 0.15) is 15.9 Å². The van der Waals surface area contributed by atoms with Gasteiger partial charge in [0.25, 0.3) is 11.8 Å². The molecule has 2 aromatic carbocycles. The van der Waals surface area contributed by atoms with Crippen LogP contribution in [0.15, 0.2) is 52.0 Å². The van der Waals surface area contributed by atoms with E-state index >= 15 is 0 Å². The van der Waals surface area contributed by atoms with Crippen molar-refractivity contribution in [3.05, 3.63) is 58.1 Å². The van der Waals surface area contributed by atoms with Gasteiger partial charge in [-0.15, -0.1) is 0 Å². The SMILES string of the molecule is COc1cc(/C=N/NC(=O)CNC(=O)c2ccccc2)cc(Br)c1OC. The molecule has 0 radical (unpaired) electrons. The molecule has 2 amide bonds. The van der Waals surface area contributed by atoms with Crippen molar-refractivity contribution in [2.45, 2.75) is 0 Å². The Morgan fingerprint density at radius 2 is 1.88 bits per heavy atom. The van der Waals surface area contributed by atoms with Gasteiger partial charge in [-0.2, -0.15) is 5.10 Å². The number of hydrogen-bond donors (Lipinski definition) is 2. The Kier molecular flexibility index (Phi) is 7.16. The fourth-order valence-corrected chi connectivity index (χ4v) is 2.70. The number of nitrogens with one attached hydrogen (secondary N) is 2. The Balaban J connectivity index is 1.89. The fourth-order valence-electron chi connectivity index (χ4n) is 2.08. The minimum absolute atomic E-state index is 0.180. The van der Waals surface area contributed by atoms with Gasteiger partial charge in [-0.25, -0.2) is 5.43 Å². The van der Waals surface area contributed by atoms with Gasteiger partial charge in [0.2, 0.25) is 0 Å². The molecule has 2 aromatic rings. The molecular formula is C18H18BrN3O4. The lowest BCUT2D eigenvalue weighted by Gasteiger charge is -2.10. The first-order valence-electron chi connectivity index (χ1n) is 7.61. The molecular weight excluding hydrogens is 402 g/mol. The van der Waals surface area contributed by atoms with Crippen LogP contribution in [-0.2, 0) is 4.79 Å². The highest BCUT2D eigenvalue weighted by Gasteiger charge is 2.10. The lowest BCUT2D eigenvalue weighted by molar-refractivity contribution is -0.120. The van der Waals surface area contributed by atoms with Crippen LogP contribution < -0.4 is 20.2 Å². The summed E-state index contributed by atoms with van der Waals surface area (Å²) in [6, 6.07) is 12.1. The number of hydrogen-bond acceptors (Lipinski definition) is 5. The van der Waals surface area contributed by atoms with Gasteiger partial charge in [-0.05, 0) is 45.8 Å². The van der Waals surface area contributed by atoms with E-state index in [0.717, 1.165) is 0 Å². The number of rotatable bonds is 7. The van der Waals surface area contributed by atoms with E-state index in [4.69, 9.17) is 9.47 Å². The molecule has 0 aromatic heterocycles. The van der Waals surface area contributed by atoms with Crippen molar-refractivity contribution in [3.63, 3.8) is 0 Å². The number of methoxy groups -OCH3 is 2. The molecule has 0 aliphatic heterocycles. The summed E-state index contributed by atoms with van der Waals surface area (Å²) in [5.74, 6) is 0.334. The maximum atomic E-state index is 11.9. The average molecular weight is 420 g/mol. The van der Waals surface area contributed by atoms with E-state index in [-0.39, 0.29) is 12.5 Å². The Bertz CT molecular complexity index is 810. The number of carbonyl (C=O) groups is 2. The molecule has 136 valence electrons. The van der Waals surface area contributed by atoms with Crippen molar-refractivity contribution in [1.29, 1.82) is 0 Å². The van der Waals surface area contributed by atoms with Crippen LogP contribution in [-0.4, -0.2) is 38.8 Å². The fraction of sp³-hybridized carbons (Fsp3) is 0.167. The summed E-state index contributed by atoms with van der Waals surface area (Å²) >= 11 is 3.38. The molecule has 2 rings (SSSR count). The molecule has 0 heterocycles. The Labute approximate surface area is 159 Å². The Morgan fingerprint density at radius 1 is 1.15 bits per heavy atom.